The average Bonchev–Trinajstić information content (AvgIpc) is 2.04. The van der Waals surface area contributed by atoms with E-state index in [4.69, 9.17) is 16.3 Å². The Morgan fingerprint density at radius 1 is 1.69 bits per heavy atom. The number of rotatable bonds is 7. The zero-order chi connectivity index (χ0) is 10.1. The molecule has 0 rings (SSSR count). The molecule has 13 heavy (non-hydrogen) atoms. The summed E-state index contributed by atoms with van der Waals surface area (Å²) in [7, 11) is 1.61. The van der Waals surface area contributed by atoms with Crippen molar-refractivity contribution in [2.45, 2.75) is 6.42 Å². The Kier molecular flexibility index (Phi) is 6.98. The van der Waals surface area contributed by atoms with Crippen molar-refractivity contribution in [3.63, 3.8) is 0 Å². The summed E-state index contributed by atoms with van der Waals surface area (Å²) >= 11 is 0. The normalized spacial score (nSPS) is 9.92. The molecule has 74 valence electrons. The van der Waals surface area contributed by atoms with E-state index in [-0.39, 0.29) is 6.54 Å². The van der Waals surface area contributed by atoms with Crippen molar-refractivity contribution in [2.75, 3.05) is 33.4 Å². The van der Waals surface area contributed by atoms with Gasteiger partial charge in [0.1, 0.15) is 0 Å². The van der Waals surface area contributed by atoms with Crippen LogP contribution in [0.5, 0.6) is 0 Å². The van der Waals surface area contributed by atoms with Gasteiger partial charge in [-0.2, -0.15) is 0 Å². The number of nitrogens with zero attached hydrogens (tertiary/aromatic N) is 1. The van der Waals surface area contributed by atoms with E-state index in [1.54, 1.807) is 12.0 Å². The molecule has 0 aromatic carbocycles. The fourth-order valence-electron chi connectivity index (χ4n) is 0.967. The molecular weight excluding hydrogens is 170 g/mol. The highest BCUT2D eigenvalue weighted by atomic mass is 16.5. The fraction of sp³-hybridized carbons (Fsp3) is 0.667. The van der Waals surface area contributed by atoms with E-state index in [0.717, 1.165) is 6.42 Å². The maximum absolute atomic E-state index is 10.4. The number of hydrogen-bond acceptors (Lipinski definition) is 3. The van der Waals surface area contributed by atoms with Crippen LogP contribution in [0.25, 0.3) is 0 Å². The van der Waals surface area contributed by atoms with Crippen LogP contribution in [0.1, 0.15) is 6.42 Å². The molecule has 0 aromatic rings. The minimum absolute atomic E-state index is 0.00604. The van der Waals surface area contributed by atoms with Gasteiger partial charge >= 0.3 is 5.97 Å². The Bertz CT molecular complexity index is 186. The molecule has 0 radical (unpaired) electrons. The van der Waals surface area contributed by atoms with Gasteiger partial charge < -0.3 is 9.84 Å². The standard InChI is InChI=1S/C9H15NO3/c1-3-5-10(8-9(11)12)6-4-7-13-2/h1H,4-8H2,2H3,(H,11,12). The Morgan fingerprint density at radius 3 is 2.85 bits per heavy atom. The third-order valence-electron chi connectivity index (χ3n) is 1.50. The highest BCUT2D eigenvalue weighted by Crippen LogP contribution is 1.91. The van der Waals surface area contributed by atoms with Crippen LogP contribution in [0.15, 0.2) is 0 Å². The van der Waals surface area contributed by atoms with Crippen LogP contribution in [0.4, 0.5) is 0 Å². The van der Waals surface area contributed by atoms with Gasteiger partial charge in [0.25, 0.3) is 0 Å². The van der Waals surface area contributed by atoms with Crippen molar-refractivity contribution in [1.82, 2.24) is 4.90 Å². The summed E-state index contributed by atoms with van der Waals surface area (Å²) < 4.78 is 4.85. The topological polar surface area (TPSA) is 49.8 Å². The summed E-state index contributed by atoms with van der Waals surface area (Å²) in [4.78, 5) is 12.1. The van der Waals surface area contributed by atoms with Crippen molar-refractivity contribution in [3.05, 3.63) is 0 Å². The number of aliphatic carboxylic acids is 1. The number of terminal acetylenes is 1. The van der Waals surface area contributed by atoms with Crippen LogP contribution in [0.2, 0.25) is 0 Å². The zero-order valence-electron chi connectivity index (χ0n) is 7.82. The molecule has 0 unspecified atom stereocenters. The first-order chi connectivity index (χ1) is 6.20. The lowest BCUT2D eigenvalue weighted by Gasteiger charge is -2.16. The van der Waals surface area contributed by atoms with Crippen LogP contribution in [-0.4, -0.2) is 49.3 Å². The van der Waals surface area contributed by atoms with Crippen LogP contribution in [0, 0.1) is 12.3 Å². The van der Waals surface area contributed by atoms with Gasteiger partial charge in [0, 0.05) is 20.3 Å². The predicted octanol–water partition coefficient (Wildman–Crippen LogP) is 0.0427. The van der Waals surface area contributed by atoms with Gasteiger partial charge in [-0.05, 0) is 6.42 Å². The maximum Gasteiger partial charge on any atom is 0.317 e. The minimum Gasteiger partial charge on any atom is -0.480 e. The number of ether oxygens (including phenoxy) is 1. The largest absolute Gasteiger partial charge is 0.480 e. The second-order valence-electron chi connectivity index (χ2n) is 2.65. The van der Waals surface area contributed by atoms with E-state index in [1.807, 2.05) is 0 Å². The van der Waals surface area contributed by atoms with Gasteiger partial charge in [-0.15, -0.1) is 6.42 Å². The van der Waals surface area contributed by atoms with E-state index in [9.17, 15) is 4.79 Å². The summed E-state index contributed by atoms with van der Waals surface area (Å²) in [5, 5.41) is 8.53. The second-order valence-corrected chi connectivity index (χ2v) is 2.65. The summed E-state index contributed by atoms with van der Waals surface area (Å²) in [6.45, 7) is 1.65. The SMILES string of the molecule is C#CCN(CCCOC)CC(=O)O. The molecular formula is C9H15NO3. The average molecular weight is 185 g/mol. The third-order valence-corrected chi connectivity index (χ3v) is 1.50. The lowest BCUT2D eigenvalue weighted by Crippen LogP contribution is -2.31. The highest BCUT2D eigenvalue weighted by molar-refractivity contribution is 5.69. The number of carboxylic acid groups (broad SMARTS) is 1. The van der Waals surface area contributed by atoms with Gasteiger partial charge in [-0.1, -0.05) is 5.92 Å². The van der Waals surface area contributed by atoms with Crippen molar-refractivity contribution >= 4 is 5.97 Å². The van der Waals surface area contributed by atoms with Crippen molar-refractivity contribution < 1.29 is 14.6 Å². The summed E-state index contributed by atoms with van der Waals surface area (Å²) in [6.07, 6.45) is 5.89. The smallest absolute Gasteiger partial charge is 0.317 e. The lowest BCUT2D eigenvalue weighted by molar-refractivity contribution is -0.138. The van der Waals surface area contributed by atoms with Crippen LogP contribution < -0.4 is 0 Å². The quantitative estimate of drug-likeness (QED) is 0.449. The first-order valence-corrected chi connectivity index (χ1v) is 4.07. The predicted molar refractivity (Wildman–Crippen MR) is 49.4 cm³/mol. The minimum atomic E-state index is -0.854. The monoisotopic (exact) mass is 185 g/mol. The molecule has 4 heteroatoms. The molecule has 0 fully saturated rings. The maximum atomic E-state index is 10.4. The highest BCUT2D eigenvalue weighted by Gasteiger charge is 2.06. The Morgan fingerprint density at radius 2 is 2.38 bits per heavy atom. The van der Waals surface area contributed by atoms with E-state index in [1.165, 1.54) is 0 Å². The summed E-state index contributed by atoms with van der Waals surface area (Å²) in [6, 6.07) is 0. The number of carbonyl (C=O) groups is 1. The van der Waals surface area contributed by atoms with Crippen LogP contribution in [-0.2, 0) is 9.53 Å². The molecule has 0 saturated heterocycles. The van der Waals surface area contributed by atoms with Crippen molar-refractivity contribution in [1.29, 1.82) is 0 Å². The van der Waals surface area contributed by atoms with E-state index >= 15 is 0 Å². The fourth-order valence-corrected chi connectivity index (χ4v) is 0.967. The zero-order valence-corrected chi connectivity index (χ0v) is 7.82. The van der Waals surface area contributed by atoms with E-state index < -0.39 is 5.97 Å². The van der Waals surface area contributed by atoms with Gasteiger partial charge in [-0.25, -0.2) is 0 Å². The molecule has 0 saturated carbocycles. The third kappa shape index (κ3) is 7.32. The van der Waals surface area contributed by atoms with Crippen molar-refractivity contribution in [2.24, 2.45) is 0 Å². The first kappa shape index (κ1) is 11.9. The molecule has 0 spiro atoms. The molecule has 0 aromatic heterocycles. The van der Waals surface area contributed by atoms with E-state index in [2.05, 4.69) is 5.92 Å². The summed E-state index contributed by atoms with van der Waals surface area (Å²) in [5.74, 6) is 1.57. The molecule has 0 atom stereocenters. The van der Waals surface area contributed by atoms with Gasteiger partial charge in [0.2, 0.25) is 0 Å². The molecule has 0 aliphatic rings. The Labute approximate surface area is 78.5 Å². The number of hydrogen-bond donors (Lipinski definition) is 1. The molecule has 0 aliphatic heterocycles. The second kappa shape index (κ2) is 7.59. The number of methoxy groups -OCH3 is 1. The van der Waals surface area contributed by atoms with Gasteiger partial charge in [0.15, 0.2) is 0 Å². The van der Waals surface area contributed by atoms with E-state index in [0.29, 0.717) is 19.7 Å². The molecule has 0 aliphatic carbocycles. The van der Waals surface area contributed by atoms with Gasteiger partial charge in [0.05, 0.1) is 13.1 Å². The first-order valence-electron chi connectivity index (χ1n) is 4.07. The Balaban J connectivity index is 3.68. The molecule has 4 nitrogen and oxygen atoms in total. The van der Waals surface area contributed by atoms with Crippen LogP contribution >= 0.6 is 0 Å². The molecule has 0 heterocycles. The lowest BCUT2D eigenvalue weighted by atomic mass is 10.4. The molecule has 1 N–H and O–H groups in total. The Hall–Kier alpha value is -1.05. The number of carboxylic acids is 1. The molecule has 0 bridgehead atoms. The van der Waals surface area contributed by atoms with Crippen molar-refractivity contribution in [3.8, 4) is 12.3 Å². The summed E-state index contributed by atoms with van der Waals surface area (Å²) in [5.41, 5.74) is 0. The van der Waals surface area contributed by atoms with Gasteiger partial charge in [-0.3, -0.25) is 9.69 Å². The molecule has 0 amide bonds. The van der Waals surface area contributed by atoms with Crippen LogP contribution in [0.3, 0.4) is 0 Å².